The lowest BCUT2D eigenvalue weighted by Crippen LogP contribution is -2.58. The molecule has 156 valence electrons. The molecule has 2 fully saturated rings. The third-order valence-corrected chi connectivity index (χ3v) is 6.34. The van der Waals surface area contributed by atoms with Crippen LogP contribution in [0.3, 0.4) is 0 Å². The Balaban J connectivity index is 1.77. The number of likely N-dealkylation sites (tertiary alicyclic amines) is 1. The molecule has 6 nitrogen and oxygen atoms in total. The fraction of sp³-hybridized carbons (Fsp3) is 0.682. The topological polar surface area (TPSA) is 60.0 Å². The first-order valence-electron chi connectivity index (χ1n) is 10.5. The fourth-order valence-corrected chi connectivity index (χ4v) is 4.73. The number of piperidine rings is 1. The van der Waals surface area contributed by atoms with Gasteiger partial charge in [-0.1, -0.05) is 25.7 Å². The van der Waals surface area contributed by atoms with Crippen LogP contribution in [-0.4, -0.2) is 57.3 Å². The van der Waals surface area contributed by atoms with E-state index in [1.165, 1.54) is 38.5 Å². The first-order valence-corrected chi connectivity index (χ1v) is 10.5. The molecule has 6 heteroatoms. The smallest absolute Gasteiger partial charge is 0.255 e. The highest BCUT2D eigenvalue weighted by atomic mass is 16.5. The number of hydrogen-bond acceptors (Lipinski definition) is 5. The van der Waals surface area contributed by atoms with Gasteiger partial charge in [0, 0.05) is 24.2 Å². The van der Waals surface area contributed by atoms with Crippen molar-refractivity contribution in [3.63, 3.8) is 0 Å². The van der Waals surface area contributed by atoms with Gasteiger partial charge >= 0.3 is 0 Å². The van der Waals surface area contributed by atoms with Gasteiger partial charge < -0.3 is 19.5 Å². The number of carbonyl (C=O) groups is 1. The van der Waals surface area contributed by atoms with Crippen molar-refractivity contribution in [2.45, 2.75) is 56.9 Å². The lowest BCUT2D eigenvalue weighted by atomic mass is 9.79. The van der Waals surface area contributed by atoms with Gasteiger partial charge in [-0.05, 0) is 38.8 Å². The van der Waals surface area contributed by atoms with Gasteiger partial charge in [0.15, 0.2) is 11.5 Å². The van der Waals surface area contributed by atoms with Crippen molar-refractivity contribution in [3.8, 4) is 17.2 Å². The predicted octanol–water partition coefficient (Wildman–Crippen LogP) is 3.63. The maximum atomic E-state index is 13.1. The van der Waals surface area contributed by atoms with Crippen molar-refractivity contribution in [2.75, 3.05) is 41.0 Å². The van der Waals surface area contributed by atoms with E-state index in [1.807, 2.05) is 0 Å². The van der Waals surface area contributed by atoms with Gasteiger partial charge in [0.2, 0.25) is 0 Å². The largest absolute Gasteiger partial charge is 0.496 e. The zero-order chi connectivity index (χ0) is 20.0. The lowest BCUT2D eigenvalue weighted by Gasteiger charge is -2.48. The number of methoxy groups -OCH3 is 3. The third kappa shape index (κ3) is 4.37. The Hall–Kier alpha value is -1.95. The van der Waals surface area contributed by atoms with Crippen molar-refractivity contribution in [3.05, 3.63) is 17.7 Å². The second-order valence-corrected chi connectivity index (χ2v) is 7.92. The normalized spacial score (nSPS) is 19.7. The molecule has 0 spiro atoms. The number of benzene rings is 1. The summed E-state index contributed by atoms with van der Waals surface area (Å²) in [6.45, 7) is 2.98. The van der Waals surface area contributed by atoms with Gasteiger partial charge in [-0.2, -0.15) is 0 Å². The van der Waals surface area contributed by atoms with Crippen LogP contribution in [0.5, 0.6) is 17.2 Å². The lowest BCUT2D eigenvalue weighted by molar-refractivity contribution is 0.0326. The molecular formula is C22H34N2O4. The summed E-state index contributed by atoms with van der Waals surface area (Å²) in [6.07, 6.45) is 9.96. The maximum absolute atomic E-state index is 13.1. The van der Waals surface area contributed by atoms with Crippen LogP contribution in [0.15, 0.2) is 12.1 Å². The van der Waals surface area contributed by atoms with Crippen LogP contribution in [0.25, 0.3) is 0 Å². The first kappa shape index (κ1) is 20.8. The highest BCUT2D eigenvalue weighted by Crippen LogP contribution is 2.37. The van der Waals surface area contributed by atoms with Crippen LogP contribution in [0.4, 0.5) is 0 Å². The molecular weight excluding hydrogens is 356 g/mol. The Kier molecular flexibility index (Phi) is 7.05. The van der Waals surface area contributed by atoms with E-state index in [1.54, 1.807) is 33.5 Å². The molecule has 2 aliphatic rings. The van der Waals surface area contributed by atoms with Crippen molar-refractivity contribution in [1.82, 2.24) is 10.2 Å². The molecule has 1 aliphatic heterocycles. The number of hydrogen-bond donors (Lipinski definition) is 1. The standard InChI is InChI=1S/C22H34N2O4/c1-26-18-15-20(28-3)19(27-2)14-17(18)21(25)23-16-22(10-6-4-7-11-22)24-12-8-5-9-13-24/h14-15H,4-13,16H2,1-3H3,(H,23,25). The minimum absolute atomic E-state index is 0.0954. The fourth-order valence-electron chi connectivity index (χ4n) is 4.73. The van der Waals surface area contributed by atoms with E-state index in [-0.39, 0.29) is 11.4 Å². The summed E-state index contributed by atoms with van der Waals surface area (Å²) in [4.78, 5) is 15.7. The van der Waals surface area contributed by atoms with Crippen molar-refractivity contribution in [1.29, 1.82) is 0 Å². The van der Waals surface area contributed by atoms with E-state index in [0.29, 0.717) is 29.4 Å². The van der Waals surface area contributed by atoms with Gasteiger partial charge in [-0.3, -0.25) is 9.69 Å². The third-order valence-electron chi connectivity index (χ3n) is 6.34. The molecule has 1 aliphatic carbocycles. The van der Waals surface area contributed by atoms with Crippen molar-refractivity contribution >= 4 is 5.91 Å². The molecule has 0 bridgehead atoms. The number of nitrogens with zero attached hydrogens (tertiary/aromatic N) is 1. The molecule has 1 N–H and O–H groups in total. The Bertz CT molecular complexity index is 665. The zero-order valence-electron chi connectivity index (χ0n) is 17.5. The molecule has 1 saturated heterocycles. The molecule has 3 rings (SSSR count). The molecule has 1 aromatic carbocycles. The average Bonchev–Trinajstić information content (AvgIpc) is 2.77. The Morgan fingerprint density at radius 2 is 1.46 bits per heavy atom. The molecule has 1 saturated carbocycles. The summed E-state index contributed by atoms with van der Waals surface area (Å²) in [6, 6.07) is 3.40. The second kappa shape index (κ2) is 9.50. The van der Waals surface area contributed by atoms with E-state index in [0.717, 1.165) is 25.9 Å². The maximum Gasteiger partial charge on any atom is 0.255 e. The van der Waals surface area contributed by atoms with Gasteiger partial charge in [0.05, 0.1) is 26.9 Å². The summed E-state index contributed by atoms with van der Waals surface area (Å²) in [7, 11) is 4.70. The minimum atomic E-state index is -0.125. The summed E-state index contributed by atoms with van der Waals surface area (Å²) >= 11 is 0. The summed E-state index contributed by atoms with van der Waals surface area (Å²) in [5, 5.41) is 3.21. The van der Waals surface area contributed by atoms with Crippen LogP contribution in [0.1, 0.15) is 61.7 Å². The number of amides is 1. The highest BCUT2D eigenvalue weighted by Gasteiger charge is 2.38. The molecule has 1 aromatic rings. The van der Waals surface area contributed by atoms with Gasteiger partial charge in [-0.15, -0.1) is 0 Å². The second-order valence-electron chi connectivity index (χ2n) is 7.92. The highest BCUT2D eigenvalue weighted by molar-refractivity contribution is 5.97. The molecule has 1 amide bonds. The van der Waals surface area contributed by atoms with Crippen molar-refractivity contribution < 1.29 is 19.0 Å². The average molecular weight is 391 g/mol. The number of rotatable bonds is 7. The van der Waals surface area contributed by atoms with Crippen LogP contribution in [0.2, 0.25) is 0 Å². The number of ether oxygens (including phenoxy) is 3. The summed E-state index contributed by atoms with van der Waals surface area (Å²) in [5.74, 6) is 1.44. The molecule has 0 aromatic heterocycles. The quantitative estimate of drug-likeness (QED) is 0.770. The monoisotopic (exact) mass is 390 g/mol. The van der Waals surface area contributed by atoms with Crippen LogP contribution in [0, 0.1) is 0 Å². The van der Waals surface area contributed by atoms with E-state index >= 15 is 0 Å². The summed E-state index contributed by atoms with van der Waals surface area (Å²) in [5.41, 5.74) is 0.572. The van der Waals surface area contributed by atoms with E-state index in [9.17, 15) is 4.79 Å². The zero-order valence-corrected chi connectivity index (χ0v) is 17.5. The SMILES string of the molecule is COc1cc(OC)c(C(=O)NCC2(N3CCCCC3)CCCCC2)cc1OC. The van der Waals surface area contributed by atoms with E-state index in [2.05, 4.69) is 10.2 Å². The summed E-state index contributed by atoms with van der Waals surface area (Å²) < 4.78 is 16.1. The first-order chi connectivity index (χ1) is 13.6. The van der Waals surface area contributed by atoms with Crippen molar-refractivity contribution in [2.24, 2.45) is 0 Å². The van der Waals surface area contributed by atoms with Crippen LogP contribution >= 0.6 is 0 Å². The Labute approximate surface area is 168 Å². The Morgan fingerprint density at radius 3 is 2.07 bits per heavy atom. The van der Waals surface area contributed by atoms with Gasteiger partial charge in [0.1, 0.15) is 5.75 Å². The molecule has 0 unspecified atom stereocenters. The molecule has 0 radical (unpaired) electrons. The molecule has 0 atom stereocenters. The van der Waals surface area contributed by atoms with Crippen LogP contribution in [-0.2, 0) is 0 Å². The number of nitrogens with one attached hydrogen (secondary N) is 1. The van der Waals surface area contributed by atoms with Gasteiger partial charge in [0.25, 0.3) is 5.91 Å². The van der Waals surface area contributed by atoms with E-state index < -0.39 is 0 Å². The number of carbonyl (C=O) groups excluding carboxylic acids is 1. The van der Waals surface area contributed by atoms with Crippen LogP contribution < -0.4 is 19.5 Å². The van der Waals surface area contributed by atoms with Gasteiger partial charge in [-0.25, -0.2) is 0 Å². The minimum Gasteiger partial charge on any atom is -0.496 e. The molecule has 1 heterocycles. The molecule has 28 heavy (non-hydrogen) atoms. The Morgan fingerprint density at radius 1 is 0.893 bits per heavy atom. The van der Waals surface area contributed by atoms with E-state index in [4.69, 9.17) is 14.2 Å². The predicted molar refractivity (Wildman–Crippen MR) is 110 cm³/mol.